The van der Waals surface area contributed by atoms with E-state index >= 15 is 4.39 Å². The van der Waals surface area contributed by atoms with E-state index in [2.05, 4.69) is 0 Å². The van der Waals surface area contributed by atoms with E-state index in [0.717, 1.165) is 20.8 Å². The molecule has 8 nitrogen and oxygen atoms in total. The summed E-state index contributed by atoms with van der Waals surface area (Å²) in [5.41, 5.74) is 0. The van der Waals surface area contributed by atoms with E-state index in [9.17, 15) is 14.4 Å². The molecule has 0 aromatic heterocycles. The predicted octanol–water partition coefficient (Wildman–Crippen LogP) is 2.50. The van der Waals surface area contributed by atoms with Gasteiger partial charge < -0.3 is 23.4 Å². The summed E-state index contributed by atoms with van der Waals surface area (Å²) in [5, 5.41) is -0.113. The van der Waals surface area contributed by atoms with Crippen LogP contribution in [0.2, 0.25) is 18.1 Å². The minimum atomic E-state index is -2.22. The van der Waals surface area contributed by atoms with Crippen LogP contribution in [0, 0.1) is 0 Å². The first-order chi connectivity index (χ1) is 12.7. The lowest BCUT2D eigenvalue weighted by Crippen LogP contribution is -2.61. The molecule has 1 aliphatic rings. The molecule has 1 rings (SSSR count). The van der Waals surface area contributed by atoms with Crippen LogP contribution in [-0.2, 0) is 37.8 Å². The molecule has 1 aliphatic heterocycles. The molecule has 0 amide bonds. The number of alkyl halides is 1. The first-order valence-corrected chi connectivity index (χ1v) is 12.0. The first kappa shape index (κ1) is 24.5. The Bertz CT molecular complexity index is 589. The van der Waals surface area contributed by atoms with Crippen molar-refractivity contribution < 1.29 is 42.1 Å². The second-order valence-corrected chi connectivity index (χ2v) is 13.1. The standard InChI is InChI=1S/C18H31FO8Si/c1-10(20)24-15-14(19)13(9-23-28(7,8)18(4,5)6)27-17(26-12(3)22)16(15)25-11(2)21/h13-17H,9H2,1-8H3/t13-,14-,15+,16+,17?/m1/s1. The topological polar surface area (TPSA) is 97.4 Å². The van der Waals surface area contributed by atoms with Crippen molar-refractivity contribution in [2.24, 2.45) is 0 Å². The number of rotatable bonds is 6. The average molecular weight is 423 g/mol. The zero-order valence-electron chi connectivity index (χ0n) is 17.7. The van der Waals surface area contributed by atoms with E-state index in [-0.39, 0.29) is 11.6 Å². The second-order valence-electron chi connectivity index (χ2n) is 8.32. The van der Waals surface area contributed by atoms with E-state index in [1.807, 2.05) is 33.9 Å². The van der Waals surface area contributed by atoms with Gasteiger partial charge in [-0.25, -0.2) is 4.39 Å². The van der Waals surface area contributed by atoms with Crippen LogP contribution in [0.3, 0.4) is 0 Å². The summed E-state index contributed by atoms with van der Waals surface area (Å²) in [7, 11) is -2.22. The molecule has 1 fully saturated rings. The summed E-state index contributed by atoms with van der Waals surface area (Å²) in [6, 6.07) is 0. The highest BCUT2D eigenvalue weighted by Gasteiger charge is 2.52. The van der Waals surface area contributed by atoms with Crippen molar-refractivity contribution in [1.82, 2.24) is 0 Å². The lowest BCUT2D eigenvalue weighted by atomic mass is 10.00. The van der Waals surface area contributed by atoms with Gasteiger partial charge in [-0.2, -0.15) is 0 Å². The molecule has 28 heavy (non-hydrogen) atoms. The molecule has 1 saturated heterocycles. The predicted molar refractivity (Wildman–Crippen MR) is 99.6 cm³/mol. The summed E-state index contributed by atoms with van der Waals surface area (Å²) >= 11 is 0. The zero-order valence-corrected chi connectivity index (χ0v) is 18.7. The van der Waals surface area contributed by atoms with Crippen LogP contribution in [0.4, 0.5) is 4.39 Å². The number of ether oxygens (including phenoxy) is 4. The molecule has 1 unspecified atom stereocenters. The summed E-state index contributed by atoms with van der Waals surface area (Å²) in [6.07, 6.45) is -7.36. The third-order valence-corrected chi connectivity index (χ3v) is 9.37. The number of carbonyl (C=O) groups excluding carboxylic acids is 3. The highest BCUT2D eigenvalue weighted by atomic mass is 28.4. The lowest BCUT2D eigenvalue weighted by molar-refractivity contribution is -0.287. The van der Waals surface area contributed by atoms with Crippen molar-refractivity contribution in [2.45, 2.75) is 90.4 Å². The van der Waals surface area contributed by atoms with Crippen LogP contribution in [0.5, 0.6) is 0 Å². The molecule has 5 atom stereocenters. The van der Waals surface area contributed by atoms with E-state index in [1.165, 1.54) is 0 Å². The summed E-state index contributed by atoms with van der Waals surface area (Å²) in [5.74, 6) is -2.24. The van der Waals surface area contributed by atoms with Crippen LogP contribution < -0.4 is 0 Å². The smallest absolute Gasteiger partial charge is 0.305 e. The molecule has 0 bridgehead atoms. The van der Waals surface area contributed by atoms with Crippen molar-refractivity contribution in [1.29, 1.82) is 0 Å². The Hall–Kier alpha value is -1.52. The molecule has 162 valence electrons. The van der Waals surface area contributed by atoms with Gasteiger partial charge in [0.1, 0.15) is 6.10 Å². The Morgan fingerprint density at radius 2 is 1.39 bits per heavy atom. The van der Waals surface area contributed by atoms with Crippen molar-refractivity contribution in [2.75, 3.05) is 6.61 Å². The van der Waals surface area contributed by atoms with Gasteiger partial charge in [-0.3, -0.25) is 14.4 Å². The highest BCUT2D eigenvalue weighted by Crippen LogP contribution is 2.37. The Labute approximate surface area is 166 Å². The molecule has 0 N–H and O–H groups in total. The van der Waals surface area contributed by atoms with Gasteiger partial charge in [-0.05, 0) is 18.1 Å². The molecular weight excluding hydrogens is 391 g/mol. The zero-order chi connectivity index (χ0) is 21.9. The van der Waals surface area contributed by atoms with Gasteiger partial charge >= 0.3 is 17.9 Å². The fourth-order valence-electron chi connectivity index (χ4n) is 2.41. The molecular formula is C18H31FO8Si. The Kier molecular flexibility index (Phi) is 8.16. The Morgan fingerprint density at radius 3 is 1.82 bits per heavy atom. The van der Waals surface area contributed by atoms with E-state index in [1.54, 1.807) is 0 Å². The fourth-order valence-corrected chi connectivity index (χ4v) is 3.42. The maximum atomic E-state index is 15.2. The largest absolute Gasteiger partial charge is 0.455 e. The molecule has 0 spiro atoms. The van der Waals surface area contributed by atoms with Crippen molar-refractivity contribution in [3.05, 3.63) is 0 Å². The number of halogens is 1. The fraction of sp³-hybridized carbons (Fsp3) is 0.833. The third-order valence-electron chi connectivity index (χ3n) is 4.87. The van der Waals surface area contributed by atoms with E-state index in [4.69, 9.17) is 23.4 Å². The summed E-state index contributed by atoms with van der Waals surface area (Å²) in [6.45, 7) is 13.3. The van der Waals surface area contributed by atoms with Gasteiger partial charge in [0.2, 0.25) is 12.4 Å². The van der Waals surface area contributed by atoms with Crippen molar-refractivity contribution >= 4 is 26.2 Å². The minimum Gasteiger partial charge on any atom is -0.455 e. The highest BCUT2D eigenvalue weighted by molar-refractivity contribution is 6.74. The summed E-state index contributed by atoms with van der Waals surface area (Å²) in [4.78, 5) is 34.3. The molecule has 0 aromatic carbocycles. The minimum absolute atomic E-state index is 0.113. The van der Waals surface area contributed by atoms with Crippen molar-refractivity contribution in [3.63, 3.8) is 0 Å². The van der Waals surface area contributed by atoms with E-state index < -0.39 is 57.0 Å². The maximum Gasteiger partial charge on any atom is 0.305 e. The van der Waals surface area contributed by atoms with Crippen LogP contribution in [0.25, 0.3) is 0 Å². The van der Waals surface area contributed by atoms with Gasteiger partial charge in [0.15, 0.2) is 20.6 Å². The molecule has 0 radical (unpaired) electrons. The lowest BCUT2D eigenvalue weighted by Gasteiger charge is -2.43. The van der Waals surface area contributed by atoms with E-state index in [0.29, 0.717) is 0 Å². The van der Waals surface area contributed by atoms with Gasteiger partial charge in [-0.15, -0.1) is 0 Å². The Balaban J connectivity index is 3.10. The molecule has 0 aliphatic carbocycles. The van der Waals surface area contributed by atoms with Crippen LogP contribution in [-0.4, -0.2) is 63.6 Å². The second kappa shape index (κ2) is 9.32. The Morgan fingerprint density at radius 1 is 0.929 bits per heavy atom. The number of esters is 3. The van der Waals surface area contributed by atoms with Gasteiger partial charge in [0.05, 0.1) is 6.61 Å². The number of hydrogen-bond donors (Lipinski definition) is 0. The molecule has 10 heteroatoms. The summed E-state index contributed by atoms with van der Waals surface area (Å²) < 4.78 is 41.9. The van der Waals surface area contributed by atoms with Gasteiger partial charge in [0, 0.05) is 20.8 Å². The van der Waals surface area contributed by atoms with Gasteiger partial charge in [-0.1, -0.05) is 20.8 Å². The SMILES string of the molecule is CC(=O)OC1O[C@H](CO[Si](C)(C)C(C)(C)C)[C@@H](F)[C@H](OC(C)=O)[C@@H]1OC(C)=O. The monoisotopic (exact) mass is 422 g/mol. The number of carbonyl (C=O) groups is 3. The molecule has 0 saturated carbocycles. The molecule has 0 aromatic rings. The van der Waals surface area contributed by atoms with Gasteiger partial charge in [0.25, 0.3) is 0 Å². The normalized spacial score (nSPS) is 28.4. The quantitative estimate of drug-likeness (QED) is 0.366. The van der Waals surface area contributed by atoms with Crippen LogP contribution >= 0.6 is 0 Å². The van der Waals surface area contributed by atoms with Crippen LogP contribution in [0.1, 0.15) is 41.5 Å². The third kappa shape index (κ3) is 6.52. The maximum absolute atomic E-state index is 15.2. The average Bonchev–Trinajstić information content (AvgIpc) is 2.49. The number of hydrogen-bond acceptors (Lipinski definition) is 8. The molecule has 1 heterocycles. The van der Waals surface area contributed by atoms with Crippen molar-refractivity contribution in [3.8, 4) is 0 Å². The van der Waals surface area contributed by atoms with Crippen LogP contribution in [0.15, 0.2) is 0 Å². The first-order valence-electron chi connectivity index (χ1n) is 9.11.